The molecule has 1 amide bonds. The molecule has 1 aromatic heterocycles. The summed E-state index contributed by atoms with van der Waals surface area (Å²) >= 11 is 0. The minimum Gasteiger partial charge on any atom is -0.338 e. The Bertz CT molecular complexity index is 472. The second kappa shape index (κ2) is 5.14. The molecule has 0 spiro atoms. The normalized spacial score (nSPS) is 15.4. The van der Waals surface area contributed by atoms with Gasteiger partial charge in [-0.15, -0.1) is 0 Å². The Labute approximate surface area is 98.2 Å². The maximum atomic E-state index is 11.6. The van der Waals surface area contributed by atoms with Crippen LogP contribution in [0.3, 0.4) is 0 Å². The van der Waals surface area contributed by atoms with Gasteiger partial charge in [0.05, 0.1) is 6.04 Å². The fraction of sp³-hybridized carbons (Fsp3) is 0.273. The summed E-state index contributed by atoms with van der Waals surface area (Å²) in [6, 6.07) is 3.61. The quantitative estimate of drug-likeness (QED) is 0.341. The van der Waals surface area contributed by atoms with Gasteiger partial charge in [-0.05, 0) is 23.2 Å². The molecule has 0 unspecified atom stereocenters. The number of pyridine rings is 1. The lowest BCUT2D eigenvalue weighted by Gasteiger charge is -2.35. The van der Waals surface area contributed by atoms with Gasteiger partial charge < -0.3 is 4.90 Å². The zero-order chi connectivity index (χ0) is 12.1. The summed E-state index contributed by atoms with van der Waals surface area (Å²) in [6.45, 7) is 1.00. The van der Waals surface area contributed by atoms with Crippen molar-refractivity contribution in [3.8, 4) is 0 Å². The summed E-state index contributed by atoms with van der Waals surface area (Å²) in [7, 11) is 0. The molecular weight excluding hydrogens is 218 g/mol. The Morgan fingerprint density at radius 1 is 1.65 bits per heavy atom. The van der Waals surface area contributed by atoms with Gasteiger partial charge in [0, 0.05) is 36.5 Å². The maximum absolute atomic E-state index is 11.6. The SMILES string of the molecule is [N-]=[N+]=NC1CN(C(=O)/C=C/c2cccnc2)C1. The van der Waals surface area contributed by atoms with E-state index >= 15 is 0 Å². The van der Waals surface area contributed by atoms with Gasteiger partial charge in [0.25, 0.3) is 0 Å². The van der Waals surface area contributed by atoms with Crippen LogP contribution in [-0.2, 0) is 4.79 Å². The molecular formula is C11H11N5O. The molecule has 17 heavy (non-hydrogen) atoms. The molecule has 2 heterocycles. The smallest absolute Gasteiger partial charge is 0.246 e. The number of hydrogen-bond donors (Lipinski definition) is 0. The Balaban J connectivity index is 1.87. The number of rotatable bonds is 3. The van der Waals surface area contributed by atoms with Crippen LogP contribution in [0.15, 0.2) is 35.7 Å². The molecule has 86 valence electrons. The average Bonchev–Trinajstić information content (AvgIpc) is 2.31. The summed E-state index contributed by atoms with van der Waals surface area (Å²) in [4.78, 5) is 19.9. The Morgan fingerprint density at radius 3 is 3.12 bits per heavy atom. The first-order valence-corrected chi connectivity index (χ1v) is 5.21. The number of carbonyl (C=O) groups excluding carboxylic acids is 1. The van der Waals surface area contributed by atoms with Gasteiger partial charge in [0.15, 0.2) is 0 Å². The lowest BCUT2D eigenvalue weighted by Crippen LogP contribution is -2.51. The van der Waals surface area contributed by atoms with Crippen molar-refractivity contribution in [3.05, 3.63) is 46.6 Å². The van der Waals surface area contributed by atoms with Crippen LogP contribution in [0.2, 0.25) is 0 Å². The van der Waals surface area contributed by atoms with Gasteiger partial charge in [-0.1, -0.05) is 11.2 Å². The highest BCUT2D eigenvalue weighted by atomic mass is 16.2. The van der Waals surface area contributed by atoms with Gasteiger partial charge in [-0.3, -0.25) is 9.78 Å². The van der Waals surface area contributed by atoms with E-state index in [4.69, 9.17) is 5.53 Å². The molecule has 6 nitrogen and oxygen atoms in total. The Kier molecular flexibility index (Phi) is 3.37. The van der Waals surface area contributed by atoms with E-state index in [1.807, 2.05) is 12.1 Å². The van der Waals surface area contributed by atoms with Crippen LogP contribution >= 0.6 is 0 Å². The number of hydrogen-bond acceptors (Lipinski definition) is 3. The minimum atomic E-state index is -0.0734. The number of amides is 1. The molecule has 1 fully saturated rings. The van der Waals surface area contributed by atoms with Gasteiger partial charge in [-0.2, -0.15) is 0 Å². The highest BCUT2D eigenvalue weighted by molar-refractivity contribution is 5.92. The van der Waals surface area contributed by atoms with E-state index in [0.717, 1.165) is 5.56 Å². The molecule has 0 bridgehead atoms. The molecule has 0 N–H and O–H groups in total. The first-order chi connectivity index (χ1) is 8.29. The zero-order valence-electron chi connectivity index (χ0n) is 9.10. The summed E-state index contributed by atoms with van der Waals surface area (Å²) in [5.74, 6) is -0.0711. The summed E-state index contributed by atoms with van der Waals surface area (Å²) in [5, 5.41) is 3.53. The number of likely N-dealkylation sites (tertiary alicyclic amines) is 1. The van der Waals surface area contributed by atoms with Crippen molar-refractivity contribution >= 4 is 12.0 Å². The fourth-order valence-corrected chi connectivity index (χ4v) is 1.53. The topological polar surface area (TPSA) is 82.0 Å². The summed E-state index contributed by atoms with van der Waals surface area (Å²) < 4.78 is 0. The number of azide groups is 1. The van der Waals surface area contributed by atoms with Crippen molar-refractivity contribution in [1.82, 2.24) is 9.88 Å². The van der Waals surface area contributed by atoms with Crippen molar-refractivity contribution in [1.29, 1.82) is 0 Å². The molecule has 0 aromatic carbocycles. The van der Waals surface area contributed by atoms with Crippen LogP contribution in [0, 0.1) is 0 Å². The van der Waals surface area contributed by atoms with Crippen LogP contribution in [0.25, 0.3) is 16.5 Å². The highest BCUT2D eigenvalue weighted by Crippen LogP contribution is 2.12. The van der Waals surface area contributed by atoms with Crippen molar-refractivity contribution in [2.75, 3.05) is 13.1 Å². The van der Waals surface area contributed by atoms with E-state index < -0.39 is 0 Å². The molecule has 2 rings (SSSR count). The second-order valence-corrected chi connectivity index (χ2v) is 3.72. The van der Waals surface area contributed by atoms with Crippen LogP contribution in [-0.4, -0.2) is 34.9 Å². The predicted molar refractivity (Wildman–Crippen MR) is 62.8 cm³/mol. The van der Waals surface area contributed by atoms with Crippen LogP contribution < -0.4 is 0 Å². The first-order valence-electron chi connectivity index (χ1n) is 5.21. The average molecular weight is 229 g/mol. The third-order valence-electron chi connectivity index (χ3n) is 2.49. The standard InChI is InChI=1S/C11H11N5O/c12-15-14-10-7-16(8-10)11(17)4-3-9-2-1-5-13-6-9/h1-6,10H,7-8H2/b4-3+. The van der Waals surface area contributed by atoms with E-state index in [0.29, 0.717) is 13.1 Å². The first kappa shape index (κ1) is 11.2. The third kappa shape index (κ3) is 2.83. The highest BCUT2D eigenvalue weighted by Gasteiger charge is 2.28. The van der Waals surface area contributed by atoms with Crippen LogP contribution in [0.5, 0.6) is 0 Å². The maximum Gasteiger partial charge on any atom is 0.246 e. The van der Waals surface area contributed by atoms with E-state index in [9.17, 15) is 4.79 Å². The predicted octanol–water partition coefficient (Wildman–Crippen LogP) is 1.62. The molecule has 0 atom stereocenters. The van der Waals surface area contributed by atoms with Gasteiger partial charge in [0.2, 0.25) is 5.91 Å². The molecule has 1 aliphatic rings. The minimum absolute atomic E-state index is 0.0711. The Morgan fingerprint density at radius 2 is 2.47 bits per heavy atom. The lowest BCUT2D eigenvalue weighted by atomic mass is 10.1. The van der Waals surface area contributed by atoms with E-state index in [1.54, 1.807) is 23.4 Å². The number of carbonyl (C=O) groups is 1. The largest absolute Gasteiger partial charge is 0.338 e. The molecule has 1 saturated heterocycles. The van der Waals surface area contributed by atoms with Crippen LogP contribution in [0.1, 0.15) is 5.56 Å². The molecule has 0 saturated carbocycles. The monoisotopic (exact) mass is 229 g/mol. The number of nitrogens with zero attached hydrogens (tertiary/aromatic N) is 5. The second-order valence-electron chi connectivity index (χ2n) is 3.72. The van der Waals surface area contributed by atoms with E-state index in [1.165, 1.54) is 6.08 Å². The van der Waals surface area contributed by atoms with Crippen molar-refractivity contribution < 1.29 is 4.79 Å². The fourth-order valence-electron chi connectivity index (χ4n) is 1.53. The summed E-state index contributed by atoms with van der Waals surface area (Å²) in [5.41, 5.74) is 9.09. The van der Waals surface area contributed by atoms with Crippen molar-refractivity contribution in [3.63, 3.8) is 0 Å². The van der Waals surface area contributed by atoms with Crippen molar-refractivity contribution in [2.24, 2.45) is 5.11 Å². The number of aromatic nitrogens is 1. The Hall–Kier alpha value is -2.33. The molecule has 0 aliphatic carbocycles. The lowest BCUT2D eigenvalue weighted by molar-refractivity contribution is -0.130. The van der Waals surface area contributed by atoms with Crippen molar-refractivity contribution in [2.45, 2.75) is 6.04 Å². The van der Waals surface area contributed by atoms with Gasteiger partial charge in [0.1, 0.15) is 0 Å². The van der Waals surface area contributed by atoms with Crippen LogP contribution in [0.4, 0.5) is 0 Å². The third-order valence-corrected chi connectivity index (χ3v) is 2.49. The molecule has 1 aromatic rings. The van der Waals surface area contributed by atoms with E-state index in [2.05, 4.69) is 15.0 Å². The van der Waals surface area contributed by atoms with Gasteiger partial charge >= 0.3 is 0 Å². The van der Waals surface area contributed by atoms with E-state index in [-0.39, 0.29) is 11.9 Å². The molecule has 6 heteroatoms. The zero-order valence-corrected chi connectivity index (χ0v) is 9.10. The molecule has 1 aliphatic heterocycles. The van der Waals surface area contributed by atoms with Gasteiger partial charge in [-0.25, -0.2) is 0 Å². The summed E-state index contributed by atoms with van der Waals surface area (Å²) in [6.07, 6.45) is 6.58. The molecule has 0 radical (unpaired) electrons.